The molecule has 2 aromatic heterocycles. The number of amidine groups is 1. The summed E-state index contributed by atoms with van der Waals surface area (Å²) in [7, 11) is 0. The van der Waals surface area contributed by atoms with Gasteiger partial charge < -0.3 is 36.8 Å². The molecule has 0 aliphatic heterocycles. The molecule has 0 atom stereocenters. The van der Waals surface area contributed by atoms with Gasteiger partial charge in [-0.15, -0.1) is 0 Å². The lowest BCUT2D eigenvalue weighted by Gasteiger charge is -2.31. The Kier molecular flexibility index (Phi) is 11.6. The molecule has 2 heterocycles. The predicted octanol–water partition coefficient (Wildman–Crippen LogP) is 7.67. The van der Waals surface area contributed by atoms with Crippen LogP contribution in [0.25, 0.3) is 16.6 Å². The lowest BCUT2D eigenvalue weighted by atomic mass is 9.91. The first-order valence-electron chi connectivity index (χ1n) is 17.4. The van der Waals surface area contributed by atoms with Gasteiger partial charge in [-0.1, -0.05) is 17.7 Å². The number of amides is 3. The van der Waals surface area contributed by atoms with Gasteiger partial charge in [0.25, 0.3) is 0 Å². The van der Waals surface area contributed by atoms with Gasteiger partial charge in [0.2, 0.25) is 0 Å². The van der Waals surface area contributed by atoms with Crippen molar-refractivity contribution in [1.29, 1.82) is 0 Å². The average Bonchev–Trinajstić information content (AvgIpc) is 3.47. The summed E-state index contributed by atoms with van der Waals surface area (Å²) in [4.78, 5) is 29.3. The van der Waals surface area contributed by atoms with E-state index in [1.54, 1.807) is 24.6 Å². The normalized spacial score (nSPS) is 16.8. The number of nitrogens with one attached hydrogen (secondary N) is 4. The SMILES string of the molecule is Cc1cc(NC(=O)NCCC(C)(C)O)ccc1-c1cc2c(NC3CCC(NC(=O)OC(C)(C)C)CC3)c(C(N)=Nc3cc(F)ccc3Cl)cnn2c1. The molecular weight excluding hydrogens is 687 g/mol. The number of aryl methyl sites for hydroxylation is 1. The molecule has 0 unspecified atom stereocenters. The lowest BCUT2D eigenvalue weighted by molar-refractivity contribution is 0.0491. The maximum absolute atomic E-state index is 14.1. The van der Waals surface area contributed by atoms with E-state index in [9.17, 15) is 19.1 Å². The van der Waals surface area contributed by atoms with Gasteiger partial charge >= 0.3 is 12.1 Å². The minimum absolute atomic E-state index is 0.00863. The van der Waals surface area contributed by atoms with Crippen LogP contribution < -0.4 is 27.0 Å². The number of nitrogens with two attached hydrogens (primary N) is 1. The second-order valence-electron chi connectivity index (χ2n) is 14.9. The van der Waals surface area contributed by atoms with Gasteiger partial charge in [0.1, 0.15) is 17.3 Å². The Morgan fingerprint density at radius 3 is 2.46 bits per heavy atom. The van der Waals surface area contributed by atoms with E-state index in [1.807, 2.05) is 58.2 Å². The molecule has 1 saturated carbocycles. The standard InChI is InChI=1S/C38H48ClFN8O4/c1-22-17-27(45-35(49)42-16-15-38(5,6)51)12-13-28(22)23-18-32-33(44-25-8-10-26(11-9-25)46-36(50)52-37(2,3)4)29(20-43-48(32)21-23)34(41)47-31-19-24(40)7-14-30(31)39/h7,12-14,17-21,25-26,44,51H,8-11,15-16H2,1-6H3,(H2,41,47)(H,46,50)(H2,42,45,49). The molecular formula is C38H48ClFN8O4. The second-order valence-corrected chi connectivity index (χ2v) is 15.3. The van der Waals surface area contributed by atoms with Crippen LogP contribution in [0.4, 0.5) is 31.0 Å². The third-order valence-electron chi connectivity index (χ3n) is 8.68. The van der Waals surface area contributed by atoms with Gasteiger partial charge in [-0.05, 0) is 115 Å². The zero-order valence-corrected chi connectivity index (χ0v) is 31.2. The van der Waals surface area contributed by atoms with Crippen molar-refractivity contribution < 1.29 is 23.8 Å². The lowest BCUT2D eigenvalue weighted by Crippen LogP contribution is -2.42. The predicted molar refractivity (Wildman–Crippen MR) is 204 cm³/mol. The highest BCUT2D eigenvalue weighted by atomic mass is 35.5. The number of hydrogen-bond acceptors (Lipinski definition) is 7. The number of alkyl carbamates (subject to hydrolysis) is 1. The summed E-state index contributed by atoms with van der Waals surface area (Å²) in [6.45, 7) is 11.2. The molecule has 4 aromatic rings. The monoisotopic (exact) mass is 734 g/mol. The van der Waals surface area contributed by atoms with Crippen LogP contribution >= 0.6 is 11.6 Å². The molecule has 0 saturated heterocycles. The number of benzene rings is 2. The van der Waals surface area contributed by atoms with Crippen molar-refractivity contribution in [2.45, 2.75) is 96.9 Å². The van der Waals surface area contributed by atoms with Gasteiger partial charge in [-0.25, -0.2) is 23.5 Å². The van der Waals surface area contributed by atoms with E-state index < -0.39 is 23.1 Å². The number of urea groups is 1. The van der Waals surface area contributed by atoms with Crippen LogP contribution in [0.15, 0.2) is 59.9 Å². The number of ether oxygens (including phenoxy) is 1. The highest BCUT2D eigenvalue weighted by Gasteiger charge is 2.27. The van der Waals surface area contributed by atoms with Gasteiger partial charge in [0.15, 0.2) is 0 Å². The number of aliphatic imine (C=N–C) groups is 1. The van der Waals surface area contributed by atoms with E-state index in [4.69, 9.17) is 22.1 Å². The third-order valence-corrected chi connectivity index (χ3v) is 9.00. The zero-order valence-electron chi connectivity index (χ0n) is 30.4. The van der Waals surface area contributed by atoms with Crippen molar-refractivity contribution in [3.63, 3.8) is 0 Å². The highest BCUT2D eigenvalue weighted by molar-refractivity contribution is 6.33. The van der Waals surface area contributed by atoms with Crippen LogP contribution in [-0.2, 0) is 4.74 Å². The number of fused-ring (bicyclic) bond motifs is 1. The minimum Gasteiger partial charge on any atom is -0.444 e. The third kappa shape index (κ3) is 10.3. The van der Waals surface area contributed by atoms with E-state index in [0.717, 1.165) is 47.9 Å². The maximum atomic E-state index is 14.1. The summed E-state index contributed by atoms with van der Waals surface area (Å²) in [5.41, 5.74) is 10.7. The van der Waals surface area contributed by atoms with E-state index in [-0.39, 0.29) is 34.7 Å². The molecule has 0 spiro atoms. The number of aromatic nitrogens is 2. The van der Waals surface area contributed by atoms with Crippen LogP contribution in [0.5, 0.6) is 0 Å². The van der Waals surface area contributed by atoms with E-state index in [0.29, 0.717) is 29.9 Å². The number of carbonyl (C=O) groups excluding carboxylic acids is 2. The van der Waals surface area contributed by atoms with Crippen molar-refractivity contribution >= 4 is 52.1 Å². The van der Waals surface area contributed by atoms with Crippen molar-refractivity contribution in [2.24, 2.45) is 10.7 Å². The highest BCUT2D eigenvalue weighted by Crippen LogP contribution is 2.34. The largest absolute Gasteiger partial charge is 0.444 e. The molecule has 1 aliphatic carbocycles. The molecule has 52 heavy (non-hydrogen) atoms. The van der Waals surface area contributed by atoms with E-state index in [2.05, 4.69) is 31.4 Å². The van der Waals surface area contributed by atoms with Crippen LogP contribution in [0.3, 0.4) is 0 Å². The fourth-order valence-electron chi connectivity index (χ4n) is 6.09. The zero-order chi connectivity index (χ0) is 37.8. The first-order valence-corrected chi connectivity index (χ1v) is 17.8. The number of carbonyl (C=O) groups is 2. The van der Waals surface area contributed by atoms with Gasteiger partial charge in [-0.2, -0.15) is 5.10 Å². The summed E-state index contributed by atoms with van der Waals surface area (Å²) >= 11 is 6.33. The first-order chi connectivity index (χ1) is 24.4. The van der Waals surface area contributed by atoms with Crippen LogP contribution in [0.2, 0.25) is 5.02 Å². The summed E-state index contributed by atoms with van der Waals surface area (Å²) in [5, 5.41) is 27.1. The molecule has 12 nitrogen and oxygen atoms in total. The number of anilines is 2. The summed E-state index contributed by atoms with van der Waals surface area (Å²) in [6, 6.07) is 11.3. The first kappa shape index (κ1) is 38.4. The van der Waals surface area contributed by atoms with Crippen LogP contribution in [0.1, 0.15) is 77.8 Å². The number of halogens is 2. The summed E-state index contributed by atoms with van der Waals surface area (Å²) in [5.74, 6) is -0.376. The smallest absolute Gasteiger partial charge is 0.407 e. The fourth-order valence-corrected chi connectivity index (χ4v) is 6.25. The number of nitrogens with zero attached hydrogens (tertiary/aromatic N) is 3. The van der Waals surface area contributed by atoms with Gasteiger partial charge in [0.05, 0.1) is 39.3 Å². The Morgan fingerprint density at radius 1 is 1.08 bits per heavy atom. The topological polar surface area (TPSA) is 167 Å². The number of hydrogen-bond donors (Lipinski definition) is 6. The molecule has 1 aliphatic rings. The molecule has 0 bridgehead atoms. The van der Waals surface area contributed by atoms with Crippen LogP contribution in [-0.4, -0.2) is 62.5 Å². The maximum Gasteiger partial charge on any atom is 0.407 e. The number of rotatable bonds is 10. The van der Waals surface area contributed by atoms with Crippen LogP contribution in [0, 0.1) is 12.7 Å². The summed E-state index contributed by atoms with van der Waals surface area (Å²) < 4.78 is 21.3. The molecule has 1 fully saturated rings. The molecule has 278 valence electrons. The van der Waals surface area contributed by atoms with Gasteiger partial charge in [-0.3, -0.25) is 0 Å². The van der Waals surface area contributed by atoms with Gasteiger partial charge in [0, 0.05) is 42.1 Å². The van der Waals surface area contributed by atoms with Crippen molar-refractivity contribution in [2.75, 3.05) is 17.2 Å². The van der Waals surface area contributed by atoms with E-state index in [1.165, 1.54) is 18.2 Å². The molecule has 14 heteroatoms. The van der Waals surface area contributed by atoms with E-state index >= 15 is 0 Å². The second kappa shape index (κ2) is 15.8. The molecule has 3 amide bonds. The Balaban J connectivity index is 1.41. The van der Waals surface area contributed by atoms with Crippen molar-refractivity contribution in [3.05, 3.63) is 76.8 Å². The molecule has 7 N–H and O–H groups in total. The Hall–Kier alpha value is -4.88. The minimum atomic E-state index is -0.870. The summed E-state index contributed by atoms with van der Waals surface area (Å²) in [6.07, 6.45) is 6.58. The Bertz CT molecular complexity index is 1960. The average molecular weight is 735 g/mol. The molecule has 5 rings (SSSR count). The molecule has 0 radical (unpaired) electrons. The fraction of sp³-hybridized carbons (Fsp3) is 0.421. The molecule has 2 aromatic carbocycles. The van der Waals surface area contributed by atoms with Crippen molar-refractivity contribution in [3.8, 4) is 11.1 Å². The Labute approximate surface area is 308 Å². The van der Waals surface area contributed by atoms with Crippen molar-refractivity contribution in [1.82, 2.24) is 20.2 Å². The Morgan fingerprint density at radius 2 is 1.79 bits per heavy atom. The number of aliphatic hydroxyl groups is 1. The quantitative estimate of drug-likeness (QED) is 0.0718.